The molecule has 20 heavy (non-hydrogen) atoms. The summed E-state index contributed by atoms with van der Waals surface area (Å²) in [6.45, 7) is -0.234. The number of nitrogens with zero attached hydrogens (tertiary/aromatic N) is 1. The van der Waals surface area contributed by atoms with Gasteiger partial charge in [-0.15, -0.1) is 0 Å². The summed E-state index contributed by atoms with van der Waals surface area (Å²) >= 11 is 0. The summed E-state index contributed by atoms with van der Waals surface area (Å²) in [5, 5.41) is 8.98. The lowest BCUT2D eigenvalue weighted by molar-refractivity contribution is -0.142. The van der Waals surface area contributed by atoms with E-state index in [1.807, 2.05) is 0 Å². The van der Waals surface area contributed by atoms with Gasteiger partial charge in [0.05, 0.1) is 7.11 Å². The molecule has 1 aromatic carbocycles. The summed E-state index contributed by atoms with van der Waals surface area (Å²) in [7, 11) is 1.26. The van der Waals surface area contributed by atoms with Crippen molar-refractivity contribution < 1.29 is 28.6 Å². The van der Waals surface area contributed by atoms with Crippen LogP contribution in [-0.4, -0.2) is 35.7 Å². The van der Waals surface area contributed by atoms with Crippen LogP contribution in [0, 0.1) is 0 Å². The largest absolute Gasteiger partial charge is 0.482 e. The maximum atomic E-state index is 11.0. The van der Waals surface area contributed by atoms with Crippen LogP contribution in [0.5, 0.6) is 5.75 Å². The van der Waals surface area contributed by atoms with Crippen LogP contribution in [0.25, 0.3) is 11.3 Å². The number of aromatic nitrogens is 1. The van der Waals surface area contributed by atoms with Crippen molar-refractivity contribution in [2.75, 3.05) is 13.7 Å². The van der Waals surface area contributed by atoms with Crippen LogP contribution < -0.4 is 4.74 Å². The van der Waals surface area contributed by atoms with Gasteiger partial charge < -0.3 is 19.0 Å². The molecule has 0 radical (unpaired) electrons. The summed E-state index contributed by atoms with van der Waals surface area (Å²) in [5.74, 6) is -1.18. The molecule has 0 saturated carbocycles. The van der Waals surface area contributed by atoms with E-state index in [2.05, 4.69) is 9.72 Å². The van der Waals surface area contributed by atoms with Gasteiger partial charge in [0.2, 0.25) is 0 Å². The number of esters is 1. The fraction of sp³-hybridized carbons (Fsp3) is 0.154. The highest BCUT2D eigenvalue weighted by Crippen LogP contribution is 2.26. The van der Waals surface area contributed by atoms with Crippen molar-refractivity contribution in [1.29, 1.82) is 0 Å². The summed E-state index contributed by atoms with van der Waals surface area (Å²) in [5.41, 5.74) is 0.303. The number of carboxylic acids is 1. The molecular weight excluding hydrogens is 266 g/mol. The van der Waals surface area contributed by atoms with Crippen LogP contribution in [0.2, 0.25) is 0 Å². The molecule has 0 fully saturated rings. The molecule has 0 unspecified atom stereocenters. The van der Waals surface area contributed by atoms with Crippen LogP contribution >= 0.6 is 0 Å². The van der Waals surface area contributed by atoms with Crippen LogP contribution in [0.15, 0.2) is 35.1 Å². The highest BCUT2D eigenvalue weighted by Gasteiger charge is 2.17. The van der Waals surface area contributed by atoms with E-state index in [4.69, 9.17) is 14.3 Å². The average molecular weight is 277 g/mol. The first kappa shape index (κ1) is 13.6. The maximum absolute atomic E-state index is 11.0. The summed E-state index contributed by atoms with van der Waals surface area (Å²) in [6.07, 6.45) is 1.06. The number of oxazole rings is 1. The molecule has 0 bridgehead atoms. The highest BCUT2D eigenvalue weighted by molar-refractivity contribution is 5.92. The van der Waals surface area contributed by atoms with Crippen molar-refractivity contribution in [3.05, 3.63) is 36.4 Å². The Morgan fingerprint density at radius 3 is 2.90 bits per heavy atom. The Bertz CT molecular complexity index is 633. The number of ether oxygens (including phenoxy) is 2. The lowest BCUT2D eigenvalue weighted by atomic mass is 10.1. The minimum Gasteiger partial charge on any atom is -0.482 e. The van der Waals surface area contributed by atoms with E-state index < -0.39 is 11.9 Å². The van der Waals surface area contributed by atoms with Gasteiger partial charge in [-0.05, 0) is 12.1 Å². The molecule has 1 N–H and O–H groups in total. The molecule has 0 aliphatic carbocycles. The van der Waals surface area contributed by atoms with Gasteiger partial charge in [-0.3, -0.25) is 0 Å². The molecule has 0 aliphatic rings. The first-order valence-electron chi connectivity index (χ1n) is 5.58. The van der Waals surface area contributed by atoms with Crippen molar-refractivity contribution >= 4 is 11.9 Å². The molecule has 0 spiro atoms. The number of carbonyl (C=O) groups excluding carboxylic acids is 1. The molecule has 1 heterocycles. The van der Waals surface area contributed by atoms with E-state index in [0.717, 1.165) is 6.39 Å². The fourth-order valence-electron chi connectivity index (χ4n) is 1.53. The molecule has 0 aliphatic heterocycles. The molecule has 0 saturated heterocycles. The molecule has 2 aromatic rings. The number of hydrogen-bond acceptors (Lipinski definition) is 6. The van der Waals surface area contributed by atoms with Crippen molar-refractivity contribution in [3.8, 4) is 17.1 Å². The Hall–Kier alpha value is -2.83. The zero-order valence-electron chi connectivity index (χ0n) is 10.5. The Labute approximate surface area is 113 Å². The first-order valence-corrected chi connectivity index (χ1v) is 5.58. The minimum absolute atomic E-state index is 0.126. The Kier molecular flexibility index (Phi) is 3.99. The molecule has 2 rings (SSSR count). The number of rotatable bonds is 5. The third-order valence-electron chi connectivity index (χ3n) is 2.45. The molecule has 0 amide bonds. The van der Waals surface area contributed by atoms with Crippen molar-refractivity contribution in [1.82, 2.24) is 4.98 Å². The lowest BCUT2D eigenvalue weighted by Crippen LogP contribution is -2.12. The maximum Gasteiger partial charge on any atom is 0.358 e. The minimum atomic E-state index is -1.19. The Morgan fingerprint density at radius 2 is 2.20 bits per heavy atom. The van der Waals surface area contributed by atoms with Gasteiger partial charge in [-0.25, -0.2) is 14.6 Å². The van der Waals surface area contributed by atoms with E-state index in [-0.39, 0.29) is 18.1 Å². The third-order valence-corrected chi connectivity index (χ3v) is 2.45. The second-order valence-corrected chi connectivity index (χ2v) is 3.73. The summed E-state index contributed by atoms with van der Waals surface area (Å²) in [4.78, 5) is 25.6. The highest BCUT2D eigenvalue weighted by atomic mass is 16.6. The van der Waals surface area contributed by atoms with Crippen LogP contribution in [0.3, 0.4) is 0 Å². The molecule has 1 aromatic heterocycles. The summed E-state index contributed by atoms with van der Waals surface area (Å²) in [6, 6.07) is 6.48. The van der Waals surface area contributed by atoms with Gasteiger partial charge in [-0.1, -0.05) is 12.1 Å². The van der Waals surface area contributed by atoms with Crippen LogP contribution in [-0.2, 0) is 9.53 Å². The smallest absolute Gasteiger partial charge is 0.358 e. The fourth-order valence-corrected chi connectivity index (χ4v) is 1.53. The molecule has 104 valence electrons. The van der Waals surface area contributed by atoms with Crippen molar-refractivity contribution in [3.63, 3.8) is 0 Å². The quantitative estimate of drug-likeness (QED) is 0.828. The zero-order valence-corrected chi connectivity index (χ0v) is 10.5. The number of methoxy groups -OCH3 is 1. The van der Waals surface area contributed by atoms with Gasteiger partial charge in [0.25, 0.3) is 0 Å². The van der Waals surface area contributed by atoms with Crippen molar-refractivity contribution in [2.24, 2.45) is 0 Å². The number of benzene rings is 1. The molecular formula is C13H11NO6. The normalized spacial score (nSPS) is 10.1. The number of hydrogen-bond donors (Lipinski definition) is 1. The third kappa shape index (κ3) is 2.94. The van der Waals surface area contributed by atoms with Crippen LogP contribution in [0.1, 0.15) is 10.5 Å². The number of carboxylic acid groups (broad SMARTS) is 1. The topological polar surface area (TPSA) is 98.9 Å². The predicted octanol–water partition coefficient (Wildman–Crippen LogP) is 1.59. The molecule has 7 heteroatoms. The second kappa shape index (κ2) is 5.87. The zero-order chi connectivity index (χ0) is 14.5. The van der Waals surface area contributed by atoms with E-state index >= 15 is 0 Å². The van der Waals surface area contributed by atoms with Crippen LogP contribution in [0.4, 0.5) is 0 Å². The SMILES string of the molecule is COC(=O)COc1cccc(-c2ocnc2C(=O)O)c1. The lowest BCUT2D eigenvalue weighted by Gasteiger charge is -2.06. The number of aromatic carboxylic acids is 1. The monoisotopic (exact) mass is 277 g/mol. The van der Waals surface area contributed by atoms with Crippen molar-refractivity contribution in [2.45, 2.75) is 0 Å². The van der Waals surface area contributed by atoms with Gasteiger partial charge in [0.1, 0.15) is 5.75 Å². The van der Waals surface area contributed by atoms with E-state index in [1.54, 1.807) is 24.3 Å². The molecule has 7 nitrogen and oxygen atoms in total. The Morgan fingerprint density at radius 1 is 1.40 bits per heavy atom. The molecule has 0 atom stereocenters. The predicted molar refractivity (Wildman–Crippen MR) is 66.4 cm³/mol. The average Bonchev–Trinajstić information content (AvgIpc) is 2.94. The van der Waals surface area contributed by atoms with Gasteiger partial charge >= 0.3 is 11.9 Å². The first-order chi connectivity index (χ1) is 9.61. The van der Waals surface area contributed by atoms with Gasteiger partial charge in [-0.2, -0.15) is 0 Å². The van der Waals surface area contributed by atoms with E-state index in [9.17, 15) is 9.59 Å². The summed E-state index contributed by atoms with van der Waals surface area (Å²) < 4.78 is 14.7. The second-order valence-electron chi connectivity index (χ2n) is 3.73. The Balaban J connectivity index is 2.23. The van der Waals surface area contributed by atoms with E-state index in [0.29, 0.717) is 11.3 Å². The number of carbonyl (C=O) groups is 2. The van der Waals surface area contributed by atoms with E-state index in [1.165, 1.54) is 7.11 Å². The standard InChI is InChI=1S/C13H11NO6/c1-18-10(15)6-19-9-4-2-3-8(5-9)12-11(13(16)17)14-7-20-12/h2-5,7H,6H2,1H3,(H,16,17). The van der Waals surface area contributed by atoms with Gasteiger partial charge in [0, 0.05) is 5.56 Å². The van der Waals surface area contributed by atoms with Gasteiger partial charge in [0.15, 0.2) is 24.5 Å².